The van der Waals surface area contributed by atoms with Crippen LogP contribution in [0.5, 0.6) is 0 Å². The standard InChI is InChI=1S/C18H30O6/c1-2-3-4-7-13(19)10-11-16-14(8-5-6-9-17(21)22)15(20)12-18(23)24-16/h5-6,10-11,13-16,18-20,23H,2-4,7-9,12H2,1H3,(H,21,22)/b6-5-,11-10+/t13-,14+,15+,16-,18?/m1/s1. The van der Waals surface area contributed by atoms with Gasteiger partial charge in [0.2, 0.25) is 0 Å². The number of aliphatic hydroxyl groups is 3. The lowest BCUT2D eigenvalue weighted by Gasteiger charge is -2.36. The Kier molecular flexibility index (Phi) is 9.86. The van der Waals surface area contributed by atoms with Gasteiger partial charge in [0.1, 0.15) is 0 Å². The molecule has 1 aliphatic rings. The van der Waals surface area contributed by atoms with Gasteiger partial charge in [0.05, 0.1) is 24.7 Å². The van der Waals surface area contributed by atoms with E-state index in [9.17, 15) is 20.1 Å². The first-order chi connectivity index (χ1) is 11.4. The van der Waals surface area contributed by atoms with E-state index < -0.39 is 30.6 Å². The largest absolute Gasteiger partial charge is 0.481 e. The van der Waals surface area contributed by atoms with Gasteiger partial charge in [-0.05, 0) is 12.8 Å². The fourth-order valence-electron chi connectivity index (χ4n) is 2.79. The number of aliphatic hydroxyl groups excluding tert-OH is 3. The summed E-state index contributed by atoms with van der Waals surface area (Å²) < 4.78 is 5.47. The predicted octanol–water partition coefficient (Wildman–Crippen LogP) is 1.99. The van der Waals surface area contributed by atoms with Crippen molar-refractivity contribution in [2.75, 3.05) is 0 Å². The Morgan fingerprint density at radius 3 is 2.71 bits per heavy atom. The highest BCUT2D eigenvalue weighted by Crippen LogP contribution is 2.29. The maximum absolute atomic E-state index is 10.5. The van der Waals surface area contributed by atoms with E-state index in [4.69, 9.17) is 9.84 Å². The second kappa shape index (κ2) is 11.4. The van der Waals surface area contributed by atoms with Gasteiger partial charge >= 0.3 is 5.97 Å². The Hall–Kier alpha value is -1.21. The molecule has 0 aromatic rings. The Balaban J connectivity index is 2.60. The number of allylic oxidation sites excluding steroid dienone is 1. The maximum atomic E-state index is 10.5. The van der Waals surface area contributed by atoms with Crippen molar-refractivity contribution in [3.8, 4) is 0 Å². The average molecular weight is 342 g/mol. The molecule has 1 unspecified atom stereocenters. The zero-order valence-corrected chi connectivity index (χ0v) is 14.3. The molecule has 1 fully saturated rings. The van der Waals surface area contributed by atoms with Crippen LogP contribution in [0.15, 0.2) is 24.3 Å². The molecule has 0 radical (unpaired) electrons. The van der Waals surface area contributed by atoms with Crippen LogP contribution in [-0.2, 0) is 9.53 Å². The van der Waals surface area contributed by atoms with E-state index >= 15 is 0 Å². The van der Waals surface area contributed by atoms with Crippen molar-refractivity contribution in [2.24, 2.45) is 5.92 Å². The third-order valence-electron chi connectivity index (χ3n) is 4.17. The Bertz CT molecular complexity index is 420. The summed E-state index contributed by atoms with van der Waals surface area (Å²) in [6.45, 7) is 2.10. The minimum Gasteiger partial charge on any atom is -0.481 e. The molecule has 0 aliphatic carbocycles. The molecule has 5 atom stereocenters. The van der Waals surface area contributed by atoms with Gasteiger partial charge in [-0.2, -0.15) is 0 Å². The average Bonchev–Trinajstić information content (AvgIpc) is 2.51. The van der Waals surface area contributed by atoms with Crippen LogP contribution in [0.25, 0.3) is 0 Å². The van der Waals surface area contributed by atoms with Crippen LogP contribution < -0.4 is 0 Å². The first kappa shape index (κ1) is 20.8. The van der Waals surface area contributed by atoms with Crippen LogP contribution in [0.1, 0.15) is 51.9 Å². The lowest BCUT2D eigenvalue weighted by Crippen LogP contribution is -2.43. The summed E-state index contributed by atoms with van der Waals surface area (Å²) in [5.41, 5.74) is 0. The Morgan fingerprint density at radius 2 is 2.04 bits per heavy atom. The highest BCUT2D eigenvalue weighted by Gasteiger charge is 2.35. The van der Waals surface area contributed by atoms with Crippen molar-refractivity contribution < 1.29 is 30.0 Å². The third-order valence-corrected chi connectivity index (χ3v) is 4.17. The molecular formula is C18H30O6. The molecule has 0 aromatic carbocycles. The maximum Gasteiger partial charge on any atom is 0.307 e. The monoisotopic (exact) mass is 342 g/mol. The molecule has 0 amide bonds. The van der Waals surface area contributed by atoms with E-state index in [1.54, 1.807) is 24.3 Å². The number of rotatable bonds is 10. The van der Waals surface area contributed by atoms with Crippen molar-refractivity contribution in [2.45, 2.75) is 76.5 Å². The topological polar surface area (TPSA) is 107 Å². The van der Waals surface area contributed by atoms with Gasteiger partial charge in [-0.3, -0.25) is 4.79 Å². The molecule has 1 saturated heterocycles. The summed E-state index contributed by atoms with van der Waals surface area (Å²) in [5, 5.41) is 38.4. The molecule has 0 saturated carbocycles. The molecule has 0 spiro atoms. The van der Waals surface area contributed by atoms with Crippen LogP contribution in [0.3, 0.4) is 0 Å². The fraction of sp³-hybridized carbons (Fsp3) is 0.722. The van der Waals surface area contributed by atoms with Crippen molar-refractivity contribution in [3.63, 3.8) is 0 Å². The van der Waals surface area contributed by atoms with Crippen LogP contribution >= 0.6 is 0 Å². The number of carbonyl (C=O) groups is 1. The second-order valence-corrected chi connectivity index (χ2v) is 6.28. The number of aliphatic carboxylic acids is 1. The molecule has 1 heterocycles. The van der Waals surface area contributed by atoms with Crippen molar-refractivity contribution in [1.29, 1.82) is 0 Å². The molecule has 6 nitrogen and oxygen atoms in total. The van der Waals surface area contributed by atoms with E-state index in [0.29, 0.717) is 12.8 Å². The molecule has 4 N–H and O–H groups in total. The van der Waals surface area contributed by atoms with Crippen LogP contribution in [-0.4, -0.2) is 51.0 Å². The van der Waals surface area contributed by atoms with E-state index in [1.807, 2.05) is 0 Å². The van der Waals surface area contributed by atoms with Gasteiger partial charge in [0, 0.05) is 12.3 Å². The Labute approximate surface area is 143 Å². The Morgan fingerprint density at radius 1 is 1.29 bits per heavy atom. The summed E-state index contributed by atoms with van der Waals surface area (Å²) in [4.78, 5) is 10.5. The molecule has 1 rings (SSSR count). The van der Waals surface area contributed by atoms with E-state index in [1.165, 1.54) is 0 Å². The van der Waals surface area contributed by atoms with Gasteiger partial charge in [0.25, 0.3) is 0 Å². The van der Waals surface area contributed by atoms with E-state index in [0.717, 1.165) is 19.3 Å². The van der Waals surface area contributed by atoms with E-state index in [2.05, 4.69) is 6.92 Å². The second-order valence-electron chi connectivity index (χ2n) is 6.28. The molecule has 0 aromatic heterocycles. The number of unbranched alkanes of at least 4 members (excludes halogenated alkanes) is 2. The minimum atomic E-state index is -1.04. The molecule has 24 heavy (non-hydrogen) atoms. The number of hydrogen-bond acceptors (Lipinski definition) is 5. The summed E-state index contributed by atoms with van der Waals surface area (Å²) in [5.74, 6) is -1.19. The molecule has 138 valence electrons. The van der Waals surface area contributed by atoms with Gasteiger partial charge in [-0.1, -0.05) is 50.5 Å². The SMILES string of the molecule is CCCCC[C@@H](O)/C=C/[C@H]1OC(O)C[C@H](O)[C@@H]1C/C=C\CC(=O)O. The summed E-state index contributed by atoms with van der Waals surface area (Å²) >= 11 is 0. The molecule has 6 heteroatoms. The number of carboxylic acids is 1. The quantitative estimate of drug-likeness (QED) is 0.357. The molecule has 0 bridgehead atoms. The van der Waals surface area contributed by atoms with Crippen LogP contribution in [0.4, 0.5) is 0 Å². The normalized spacial score (nSPS) is 29.3. The number of hydrogen-bond donors (Lipinski definition) is 4. The van der Waals surface area contributed by atoms with Gasteiger partial charge in [0.15, 0.2) is 6.29 Å². The van der Waals surface area contributed by atoms with Gasteiger partial charge < -0.3 is 25.2 Å². The minimum absolute atomic E-state index is 0.0665. The smallest absolute Gasteiger partial charge is 0.307 e. The molecular weight excluding hydrogens is 312 g/mol. The third kappa shape index (κ3) is 8.06. The summed E-state index contributed by atoms with van der Waals surface area (Å²) in [6.07, 6.45) is 8.01. The van der Waals surface area contributed by atoms with Crippen LogP contribution in [0, 0.1) is 5.92 Å². The highest BCUT2D eigenvalue weighted by atomic mass is 16.6. The van der Waals surface area contributed by atoms with Crippen molar-refractivity contribution >= 4 is 5.97 Å². The zero-order valence-electron chi connectivity index (χ0n) is 14.3. The predicted molar refractivity (Wildman–Crippen MR) is 90.3 cm³/mol. The molecule has 1 aliphatic heterocycles. The first-order valence-corrected chi connectivity index (χ1v) is 8.68. The van der Waals surface area contributed by atoms with Gasteiger partial charge in [-0.15, -0.1) is 0 Å². The highest BCUT2D eigenvalue weighted by molar-refractivity contribution is 5.68. The number of ether oxygens (including phenoxy) is 1. The zero-order chi connectivity index (χ0) is 17.9. The van der Waals surface area contributed by atoms with Crippen LogP contribution in [0.2, 0.25) is 0 Å². The van der Waals surface area contributed by atoms with Crippen molar-refractivity contribution in [3.05, 3.63) is 24.3 Å². The summed E-state index contributed by atoms with van der Waals surface area (Å²) in [7, 11) is 0. The lowest BCUT2D eigenvalue weighted by molar-refractivity contribution is -0.199. The fourth-order valence-corrected chi connectivity index (χ4v) is 2.79. The lowest BCUT2D eigenvalue weighted by atomic mass is 9.87. The van der Waals surface area contributed by atoms with E-state index in [-0.39, 0.29) is 18.8 Å². The van der Waals surface area contributed by atoms with Crippen molar-refractivity contribution in [1.82, 2.24) is 0 Å². The summed E-state index contributed by atoms with van der Waals surface area (Å²) in [6, 6.07) is 0. The number of carboxylic acid groups (broad SMARTS) is 1. The first-order valence-electron chi connectivity index (χ1n) is 8.68. The van der Waals surface area contributed by atoms with Gasteiger partial charge in [-0.25, -0.2) is 0 Å².